The molecule has 1 aromatic heterocycles. The summed E-state index contributed by atoms with van der Waals surface area (Å²) < 4.78 is 0. The van der Waals surface area contributed by atoms with Crippen LogP contribution in [0.25, 0.3) is 11.6 Å². The van der Waals surface area contributed by atoms with Crippen molar-refractivity contribution in [1.29, 1.82) is 0 Å². The molecule has 1 N–H and O–H groups in total. The Kier molecular flexibility index (Phi) is 1.38. The Bertz CT molecular complexity index is 375. The van der Waals surface area contributed by atoms with Crippen molar-refractivity contribution < 1.29 is 1.43 Å². The fraction of sp³-hybridized carbons (Fsp3) is 0.400. The van der Waals surface area contributed by atoms with E-state index in [1.54, 1.807) is 0 Å². The summed E-state index contributed by atoms with van der Waals surface area (Å²) in [4.78, 5) is 3.23. The molecule has 0 spiro atoms. The van der Waals surface area contributed by atoms with Crippen LogP contribution in [0.1, 0.15) is 21.7 Å². The topological polar surface area (TPSA) is 15.8 Å². The fourth-order valence-electron chi connectivity index (χ4n) is 1.63. The minimum absolute atomic E-state index is 0. The minimum atomic E-state index is 0. The number of H-pyrrole nitrogens is 1. The van der Waals surface area contributed by atoms with Crippen molar-refractivity contribution in [2.24, 2.45) is 5.92 Å². The molecule has 0 amide bonds. The molecule has 1 heteroatoms. The molecule has 60 valence electrons. The van der Waals surface area contributed by atoms with Crippen LogP contribution in [0.15, 0.2) is 12.3 Å². The van der Waals surface area contributed by atoms with Gasteiger partial charge >= 0.3 is 0 Å². The molecule has 11 heavy (non-hydrogen) atoms. The Labute approximate surface area is 67.9 Å². The molecule has 2 rings (SSSR count). The number of hydrogen-bond donors (Lipinski definition) is 1. The second-order valence-electron chi connectivity index (χ2n) is 3.33. The van der Waals surface area contributed by atoms with E-state index in [0.29, 0.717) is 0 Å². The molecule has 1 heterocycles. The number of aromatic nitrogens is 1. The van der Waals surface area contributed by atoms with Gasteiger partial charge in [-0.3, -0.25) is 0 Å². The first-order valence-corrected chi connectivity index (χ1v) is 4.13. The summed E-state index contributed by atoms with van der Waals surface area (Å²) in [6.07, 6.45) is 5.48. The molecule has 0 fully saturated rings. The summed E-state index contributed by atoms with van der Waals surface area (Å²) in [6.45, 7) is 4.51. The zero-order chi connectivity index (χ0) is 7.84. The normalized spacial score (nSPS) is 22.7. The van der Waals surface area contributed by atoms with Gasteiger partial charge in [0.25, 0.3) is 0 Å². The van der Waals surface area contributed by atoms with Gasteiger partial charge in [-0.2, -0.15) is 0 Å². The smallest absolute Gasteiger partial charge is 0.0413 e. The SMILES string of the molecule is CC1=c2cc[nH]c2=CCC1C.[HH]. The van der Waals surface area contributed by atoms with Crippen molar-refractivity contribution >= 4 is 11.6 Å². The first-order valence-electron chi connectivity index (χ1n) is 4.13. The van der Waals surface area contributed by atoms with Crippen molar-refractivity contribution in [3.63, 3.8) is 0 Å². The molecular weight excluding hydrogens is 134 g/mol. The third kappa shape index (κ3) is 0.917. The first-order chi connectivity index (χ1) is 5.29. The fourth-order valence-corrected chi connectivity index (χ4v) is 1.63. The lowest BCUT2D eigenvalue weighted by Crippen LogP contribution is -2.29. The molecule has 1 aliphatic carbocycles. The van der Waals surface area contributed by atoms with Gasteiger partial charge in [0.05, 0.1) is 0 Å². The maximum absolute atomic E-state index is 3.23. The van der Waals surface area contributed by atoms with Crippen LogP contribution < -0.4 is 10.6 Å². The molecule has 0 saturated carbocycles. The highest BCUT2D eigenvalue weighted by Gasteiger charge is 2.07. The third-order valence-electron chi connectivity index (χ3n) is 2.62. The van der Waals surface area contributed by atoms with Gasteiger partial charge in [-0.05, 0) is 30.5 Å². The summed E-state index contributed by atoms with van der Waals surface area (Å²) in [5.41, 5.74) is 1.52. The van der Waals surface area contributed by atoms with Crippen LogP contribution in [0.3, 0.4) is 0 Å². The average Bonchev–Trinajstić information content (AvgIpc) is 2.45. The lowest BCUT2D eigenvalue weighted by atomic mass is 9.94. The van der Waals surface area contributed by atoms with E-state index in [-0.39, 0.29) is 1.43 Å². The van der Waals surface area contributed by atoms with Gasteiger partial charge in [0, 0.05) is 13.0 Å². The summed E-state index contributed by atoms with van der Waals surface area (Å²) >= 11 is 0. The van der Waals surface area contributed by atoms with Crippen molar-refractivity contribution in [1.82, 2.24) is 4.98 Å². The zero-order valence-corrected chi connectivity index (χ0v) is 7.02. The van der Waals surface area contributed by atoms with E-state index in [9.17, 15) is 0 Å². The van der Waals surface area contributed by atoms with E-state index >= 15 is 0 Å². The molecule has 0 radical (unpaired) electrons. The van der Waals surface area contributed by atoms with Gasteiger partial charge in [-0.1, -0.05) is 18.6 Å². The van der Waals surface area contributed by atoms with Crippen LogP contribution in [0.4, 0.5) is 0 Å². The molecule has 1 nitrogen and oxygen atoms in total. The largest absolute Gasteiger partial charge is 0.361 e. The number of nitrogens with one attached hydrogen (secondary N) is 1. The summed E-state index contributed by atoms with van der Waals surface area (Å²) in [6, 6.07) is 2.16. The predicted octanol–water partition coefficient (Wildman–Crippen LogP) is 1.25. The zero-order valence-electron chi connectivity index (χ0n) is 7.02. The quantitative estimate of drug-likeness (QED) is 0.571. The maximum Gasteiger partial charge on any atom is 0.0413 e. The molecular formula is C10H15N. The Morgan fingerprint density at radius 3 is 3.27 bits per heavy atom. The highest BCUT2D eigenvalue weighted by molar-refractivity contribution is 5.50. The number of hydrogen-bond acceptors (Lipinski definition) is 0. The van der Waals surface area contributed by atoms with E-state index in [2.05, 4.69) is 31.0 Å². The van der Waals surface area contributed by atoms with Crippen LogP contribution >= 0.6 is 0 Å². The van der Waals surface area contributed by atoms with E-state index < -0.39 is 0 Å². The summed E-state index contributed by atoms with van der Waals surface area (Å²) in [7, 11) is 0. The van der Waals surface area contributed by atoms with Gasteiger partial charge < -0.3 is 4.98 Å². The second kappa shape index (κ2) is 2.26. The third-order valence-corrected chi connectivity index (χ3v) is 2.62. The second-order valence-corrected chi connectivity index (χ2v) is 3.33. The molecule has 0 aromatic carbocycles. The van der Waals surface area contributed by atoms with Crippen LogP contribution in [-0.2, 0) is 0 Å². The molecule has 0 aliphatic heterocycles. The minimum Gasteiger partial charge on any atom is -0.361 e. The molecule has 1 atom stereocenters. The van der Waals surface area contributed by atoms with Crippen LogP contribution in [-0.4, -0.2) is 4.98 Å². The highest BCUT2D eigenvalue weighted by atomic mass is 14.6. The molecule has 0 bridgehead atoms. The highest BCUT2D eigenvalue weighted by Crippen LogP contribution is 2.15. The lowest BCUT2D eigenvalue weighted by Gasteiger charge is -2.11. The van der Waals surface area contributed by atoms with Crippen molar-refractivity contribution in [3.05, 3.63) is 22.8 Å². The maximum atomic E-state index is 3.23. The molecule has 1 aliphatic rings. The van der Waals surface area contributed by atoms with Crippen LogP contribution in [0.5, 0.6) is 0 Å². The number of aromatic amines is 1. The van der Waals surface area contributed by atoms with Gasteiger partial charge in [0.1, 0.15) is 0 Å². The molecule has 1 aromatic rings. The Morgan fingerprint density at radius 2 is 2.45 bits per heavy atom. The van der Waals surface area contributed by atoms with E-state index in [0.717, 1.165) is 5.92 Å². The number of fused-ring (bicyclic) bond motifs is 1. The van der Waals surface area contributed by atoms with Gasteiger partial charge in [-0.25, -0.2) is 0 Å². The van der Waals surface area contributed by atoms with Gasteiger partial charge in [-0.15, -0.1) is 0 Å². The van der Waals surface area contributed by atoms with E-state index in [4.69, 9.17) is 0 Å². The van der Waals surface area contributed by atoms with Gasteiger partial charge in [0.2, 0.25) is 0 Å². The Morgan fingerprint density at radius 1 is 1.64 bits per heavy atom. The summed E-state index contributed by atoms with van der Waals surface area (Å²) in [5, 5.41) is 2.71. The molecule has 1 unspecified atom stereocenters. The van der Waals surface area contributed by atoms with Crippen molar-refractivity contribution in [3.8, 4) is 0 Å². The van der Waals surface area contributed by atoms with Crippen LogP contribution in [0, 0.1) is 5.92 Å². The van der Waals surface area contributed by atoms with Crippen LogP contribution in [0.2, 0.25) is 0 Å². The van der Waals surface area contributed by atoms with Crippen molar-refractivity contribution in [2.75, 3.05) is 0 Å². The summed E-state index contributed by atoms with van der Waals surface area (Å²) in [5.74, 6) is 0.721. The standard InChI is InChI=1S/C10H13N.H2/c1-7-3-4-10-9(8(7)2)5-6-11-10;/h4-7,11H,3H2,1-2H3;1H. The lowest BCUT2D eigenvalue weighted by molar-refractivity contribution is 0.765. The van der Waals surface area contributed by atoms with Gasteiger partial charge in [0.15, 0.2) is 0 Å². The monoisotopic (exact) mass is 149 g/mol. The first kappa shape index (κ1) is 6.71. The Balaban J connectivity index is 0.000000720. The average molecular weight is 149 g/mol. The number of rotatable bonds is 0. The van der Waals surface area contributed by atoms with Crippen molar-refractivity contribution in [2.45, 2.75) is 20.3 Å². The molecule has 0 saturated heterocycles. The van der Waals surface area contributed by atoms with E-state index in [1.807, 2.05) is 6.20 Å². The van der Waals surface area contributed by atoms with E-state index in [1.165, 1.54) is 22.6 Å². The predicted molar refractivity (Wildman–Crippen MR) is 49.5 cm³/mol. The Hall–Kier alpha value is -0.980.